The summed E-state index contributed by atoms with van der Waals surface area (Å²) in [6.45, 7) is 13.7. The second-order valence-electron chi connectivity index (χ2n) is 15.5. The lowest BCUT2D eigenvalue weighted by molar-refractivity contribution is -0.175. The van der Waals surface area contributed by atoms with E-state index in [9.17, 15) is 33.9 Å². The summed E-state index contributed by atoms with van der Waals surface area (Å²) in [6, 6.07) is -5.29. The van der Waals surface area contributed by atoms with Gasteiger partial charge in [-0.1, -0.05) is 70.8 Å². The Labute approximate surface area is 309 Å². The number of β-amino-alcohol motifs (C(OH)–C–C–N with tert-alkyl or cyclic N) is 1. The normalized spacial score (nSPS) is 34.7. The highest BCUT2D eigenvalue weighted by Gasteiger charge is 2.49. The standard InChI is InChI=1S/C35H58BrN7O8/c1-9-20(6)28-35(50)51-29(21(7)10-2)34(49)43-26(13-22(36)15-37-43)33(48)42-27(14-23(44)16-38-42)31(46)40(8)25(11-18(3)4)32(47)41-17-19(5)12-24(41)30(45)39-28/h18-29,37-38,44H,9-17H2,1-8H3,(H,39,45)/t19-,20-,21-,22-,23-,24-,25+,26+,27-,28+,29-/m0/s1. The summed E-state index contributed by atoms with van der Waals surface area (Å²) in [5, 5.41) is 16.0. The molecule has 0 aliphatic carbocycles. The lowest BCUT2D eigenvalue weighted by atomic mass is 9.96. The Balaban J connectivity index is 1.86. The number of aliphatic hydroxyl groups excluding tert-OH is 1. The first-order valence-electron chi connectivity index (χ1n) is 18.5. The van der Waals surface area contributed by atoms with Gasteiger partial charge in [-0.3, -0.25) is 34.0 Å². The van der Waals surface area contributed by atoms with E-state index in [4.69, 9.17) is 4.74 Å². The molecule has 0 aromatic rings. The fourth-order valence-corrected chi connectivity index (χ4v) is 7.91. The number of hydrazine groups is 2. The second kappa shape index (κ2) is 17.3. The van der Waals surface area contributed by atoms with Crippen LogP contribution in [0.15, 0.2) is 0 Å². The summed E-state index contributed by atoms with van der Waals surface area (Å²) < 4.78 is 6.01. The molecule has 4 aliphatic heterocycles. The molecular weight excluding hydrogens is 726 g/mol. The van der Waals surface area contributed by atoms with Crippen molar-refractivity contribution in [2.45, 2.75) is 134 Å². The topological polar surface area (TPSA) is 181 Å². The van der Waals surface area contributed by atoms with E-state index in [0.29, 0.717) is 25.8 Å². The number of carbonyl (C=O) groups is 6. The van der Waals surface area contributed by atoms with Gasteiger partial charge in [0, 0.05) is 43.8 Å². The number of likely N-dealkylation sites (N-methyl/N-ethyl adjacent to an activating group) is 1. The Bertz CT molecular complexity index is 1320. The predicted octanol–water partition coefficient (Wildman–Crippen LogP) is 0.934. The second-order valence-corrected chi connectivity index (χ2v) is 16.7. The van der Waals surface area contributed by atoms with Crippen LogP contribution in [-0.4, -0.2) is 134 Å². The lowest BCUT2D eigenvalue weighted by Crippen LogP contribution is -2.70. The zero-order chi connectivity index (χ0) is 37.9. The van der Waals surface area contributed by atoms with E-state index in [1.54, 1.807) is 6.92 Å². The van der Waals surface area contributed by atoms with Gasteiger partial charge < -0.3 is 25.0 Å². The number of cyclic esters (lactones) is 1. The summed E-state index contributed by atoms with van der Waals surface area (Å²) in [5.74, 6) is -4.30. The van der Waals surface area contributed by atoms with Crippen LogP contribution in [0.25, 0.3) is 0 Å². The minimum Gasteiger partial charge on any atom is -0.450 e. The fraction of sp³-hybridized carbons (Fsp3) is 0.829. The van der Waals surface area contributed by atoms with Crippen molar-refractivity contribution in [2.24, 2.45) is 23.7 Å². The molecule has 5 amide bonds. The Morgan fingerprint density at radius 2 is 1.43 bits per heavy atom. The number of aliphatic hydroxyl groups is 1. The number of nitrogens with zero attached hydrogens (tertiary/aromatic N) is 4. The minimum atomic E-state index is -1.29. The van der Waals surface area contributed by atoms with Crippen LogP contribution in [-0.2, 0) is 33.5 Å². The first-order chi connectivity index (χ1) is 24.0. The molecule has 4 heterocycles. The highest BCUT2D eigenvalue weighted by molar-refractivity contribution is 9.09. The van der Waals surface area contributed by atoms with Crippen LogP contribution in [0.2, 0.25) is 0 Å². The number of ether oxygens (including phenoxy) is 1. The maximum Gasteiger partial charge on any atom is 0.329 e. The van der Waals surface area contributed by atoms with E-state index in [1.807, 2.05) is 41.5 Å². The summed E-state index contributed by atoms with van der Waals surface area (Å²) in [4.78, 5) is 88.6. The van der Waals surface area contributed by atoms with E-state index in [2.05, 4.69) is 32.1 Å². The Morgan fingerprint density at radius 3 is 2.06 bits per heavy atom. The molecule has 51 heavy (non-hydrogen) atoms. The molecule has 0 unspecified atom stereocenters. The Hall–Kier alpha value is -2.82. The van der Waals surface area contributed by atoms with Crippen molar-refractivity contribution in [3.05, 3.63) is 0 Å². The first kappa shape index (κ1) is 40.9. The van der Waals surface area contributed by atoms with E-state index in [-0.39, 0.29) is 54.9 Å². The molecule has 288 valence electrons. The van der Waals surface area contributed by atoms with Crippen LogP contribution in [0.3, 0.4) is 0 Å². The third-order valence-corrected chi connectivity index (χ3v) is 11.6. The molecule has 16 heteroatoms. The number of rotatable bonds is 6. The number of alkyl halides is 1. The largest absolute Gasteiger partial charge is 0.450 e. The van der Waals surface area contributed by atoms with Crippen molar-refractivity contribution >= 4 is 51.4 Å². The minimum absolute atomic E-state index is 0.00795. The third-order valence-electron chi connectivity index (χ3n) is 10.9. The molecule has 4 fully saturated rings. The predicted molar refractivity (Wildman–Crippen MR) is 191 cm³/mol. The molecular formula is C35H58BrN7O8. The molecule has 4 N–H and O–H groups in total. The maximum atomic E-state index is 14.5. The molecule has 0 spiro atoms. The molecule has 4 saturated heterocycles. The van der Waals surface area contributed by atoms with E-state index in [1.165, 1.54) is 26.9 Å². The first-order valence-corrected chi connectivity index (χ1v) is 19.4. The molecule has 0 aromatic carbocycles. The molecule has 4 aliphatic rings. The van der Waals surface area contributed by atoms with Gasteiger partial charge in [0.25, 0.3) is 11.8 Å². The number of amides is 5. The lowest BCUT2D eigenvalue weighted by Gasteiger charge is -2.45. The van der Waals surface area contributed by atoms with Gasteiger partial charge in [0.05, 0.1) is 6.10 Å². The summed E-state index contributed by atoms with van der Waals surface area (Å²) in [5.41, 5.74) is 5.96. The van der Waals surface area contributed by atoms with Gasteiger partial charge in [0.1, 0.15) is 30.2 Å². The SMILES string of the molecule is CC[C@H](C)[C@@H]1OC(=O)[C@@H]([C@@H](C)CC)NC(=O)[C@@H]2C[C@H](C)CN2C(=O)[C@@H](CC(C)C)N(C)C(=O)[C@@H]2C[C@H](O)CNN2C(=O)[C@H]2C[C@H](Br)CNN2C1=O. The highest BCUT2D eigenvalue weighted by atomic mass is 79.9. The van der Waals surface area contributed by atoms with Crippen molar-refractivity contribution < 1.29 is 38.6 Å². The maximum absolute atomic E-state index is 14.5. The van der Waals surface area contributed by atoms with Crippen molar-refractivity contribution in [1.29, 1.82) is 0 Å². The van der Waals surface area contributed by atoms with Crippen molar-refractivity contribution in [3.63, 3.8) is 0 Å². The zero-order valence-corrected chi connectivity index (χ0v) is 32.8. The molecule has 15 nitrogen and oxygen atoms in total. The van der Waals surface area contributed by atoms with Gasteiger partial charge in [-0.2, -0.15) is 0 Å². The number of hydrogen-bond acceptors (Lipinski definition) is 10. The van der Waals surface area contributed by atoms with Gasteiger partial charge in [-0.25, -0.2) is 15.6 Å². The molecule has 11 atom stereocenters. The van der Waals surface area contributed by atoms with Gasteiger partial charge in [0.15, 0.2) is 6.10 Å². The van der Waals surface area contributed by atoms with E-state index >= 15 is 0 Å². The highest BCUT2D eigenvalue weighted by Crippen LogP contribution is 2.30. The van der Waals surface area contributed by atoms with Crippen LogP contribution in [0.1, 0.15) is 87.0 Å². The number of esters is 1. The van der Waals surface area contributed by atoms with Crippen LogP contribution in [0, 0.1) is 23.7 Å². The number of nitrogens with one attached hydrogen (secondary N) is 3. The van der Waals surface area contributed by atoms with Crippen LogP contribution >= 0.6 is 15.9 Å². The number of hydrogen-bond donors (Lipinski definition) is 4. The van der Waals surface area contributed by atoms with Crippen LogP contribution in [0.5, 0.6) is 0 Å². The molecule has 4 rings (SSSR count). The number of carbonyl (C=O) groups excluding carboxylic acids is 6. The monoisotopic (exact) mass is 783 g/mol. The van der Waals surface area contributed by atoms with Crippen molar-refractivity contribution in [2.75, 3.05) is 26.7 Å². The summed E-state index contributed by atoms with van der Waals surface area (Å²) in [6.07, 6.45) is -0.518. The van der Waals surface area contributed by atoms with Crippen LogP contribution in [0.4, 0.5) is 0 Å². The molecule has 0 radical (unpaired) electrons. The quantitative estimate of drug-likeness (QED) is 0.224. The fourth-order valence-electron chi connectivity index (χ4n) is 7.41. The average molecular weight is 785 g/mol. The molecule has 0 aromatic heterocycles. The van der Waals surface area contributed by atoms with Crippen molar-refractivity contribution in [3.8, 4) is 0 Å². The molecule has 0 bridgehead atoms. The van der Waals surface area contributed by atoms with Gasteiger partial charge in [0.2, 0.25) is 17.7 Å². The van der Waals surface area contributed by atoms with E-state index < -0.39 is 83.8 Å². The third kappa shape index (κ3) is 9.05. The van der Waals surface area contributed by atoms with Crippen LogP contribution < -0.4 is 16.2 Å². The summed E-state index contributed by atoms with van der Waals surface area (Å²) >= 11 is 3.58. The number of halogens is 1. The summed E-state index contributed by atoms with van der Waals surface area (Å²) in [7, 11) is 1.52. The average Bonchev–Trinajstić information content (AvgIpc) is 3.50. The van der Waals surface area contributed by atoms with Gasteiger partial charge in [-0.05, 0) is 43.4 Å². The smallest absolute Gasteiger partial charge is 0.329 e. The zero-order valence-electron chi connectivity index (χ0n) is 31.3. The van der Waals surface area contributed by atoms with Crippen molar-refractivity contribution in [1.82, 2.24) is 36.0 Å². The van der Waals surface area contributed by atoms with E-state index in [0.717, 1.165) is 0 Å². The molecule has 0 saturated carbocycles. The number of fused-ring (bicyclic) bond motifs is 3. The van der Waals surface area contributed by atoms with Gasteiger partial charge in [-0.15, -0.1) is 0 Å². The van der Waals surface area contributed by atoms with Gasteiger partial charge >= 0.3 is 5.97 Å². The Kier molecular flexibility index (Phi) is 13.9. The Morgan fingerprint density at radius 1 is 0.824 bits per heavy atom.